The van der Waals surface area contributed by atoms with Crippen LogP contribution >= 0.6 is 11.6 Å². The Morgan fingerprint density at radius 1 is 1.00 bits per heavy atom. The summed E-state index contributed by atoms with van der Waals surface area (Å²) in [6.45, 7) is 2.43. The lowest BCUT2D eigenvalue weighted by Gasteiger charge is -2.51. The van der Waals surface area contributed by atoms with Crippen molar-refractivity contribution < 1.29 is 8.42 Å². The summed E-state index contributed by atoms with van der Waals surface area (Å²) < 4.78 is 28.8. The number of aryl methyl sites for hydroxylation is 1. The number of piperidine rings is 1. The predicted molar refractivity (Wildman–Crippen MR) is 109 cm³/mol. The van der Waals surface area contributed by atoms with Gasteiger partial charge in [-0.3, -0.25) is 0 Å². The number of rotatable bonds is 3. The zero-order valence-electron chi connectivity index (χ0n) is 15.6. The summed E-state index contributed by atoms with van der Waals surface area (Å²) in [5.41, 5.74) is 2.10. The van der Waals surface area contributed by atoms with Gasteiger partial charge in [-0.2, -0.15) is 4.31 Å². The molecule has 1 saturated carbocycles. The van der Waals surface area contributed by atoms with E-state index in [2.05, 4.69) is 0 Å². The minimum absolute atomic E-state index is 0.143. The van der Waals surface area contributed by atoms with Gasteiger partial charge in [-0.1, -0.05) is 60.9 Å². The lowest BCUT2D eigenvalue weighted by Crippen LogP contribution is -2.53. The van der Waals surface area contributed by atoms with Crippen LogP contribution in [0.4, 0.5) is 0 Å². The van der Waals surface area contributed by atoms with Crippen molar-refractivity contribution in [3.63, 3.8) is 0 Å². The second kappa shape index (κ2) is 7.23. The van der Waals surface area contributed by atoms with Crippen molar-refractivity contribution in [2.45, 2.75) is 54.8 Å². The highest BCUT2D eigenvalue weighted by molar-refractivity contribution is 7.89. The van der Waals surface area contributed by atoms with Crippen LogP contribution in [0.3, 0.4) is 0 Å². The maximum Gasteiger partial charge on any atom is 0.243 e. The van der Waals surface area contributed by atoms with Crippen molar-refractivity contribution in [2.75, 3.05) is 6.54 Å². The number of halogens is 1. The molecule has 0 radical (unpaired) electrons. The van der Waals surface area contributed by atoms with Crippen LogP contribution in [0.15, 0.2) is 59.5 Å². The highest BCUT2D eigenvalue weighted by Gasteiger charge is 2.51. The third-order valence-corrected chi connectivity index (χ3v) is 8.78. The van der Waals surface area contributed by atoms with E-state index < -0.39 is 10.0 Å². The fourth-order valence-electron chi connectivity index (χ4n) is 4.78. The van der Waals surface area contributed by atoms with Crippen molar-refractivity contribution in [2.24, 2.45) is 5.92 Å². The molecule has 0 aromatic heterocycles. The fourth-order valence-corrected chi connectivity index (χ4v) is 6.88. The first-order chi connectivity index (χ1) is 12.9. The fraction of sp³-hybridized carbons (Fsp3) is 0.455. The van der Waals surface area contributed by atoms with Crippen LogP contribution in [0.25, 0.3) is 0 Å². The minimum atomic E-state index is -3.58. The molecular formula is C22H26ClNO2S. The van der Waals surface area contributed by atoms with Crippen molar-refractivity contribution in [3.05, 3.63) is 65.7 Å². The van der Waals surface area contributed by atoms with E-state index in [9.17, 15) is 8.42 Å². The van der Waals surface area contributed by atoms with Gasteiger partial charge < -0.3 is 0 Å². The van der Waals surface area contributed by atoms with Crippen LogP contribution in [0.5, 0.6) is 0 Å². The normalized spacial score (nSPS) is 29.3. The van der Waals surface area contributed by atoms with E-state index in [-0.39, 0.29) is 16.8 Å². The molecule has 3 nitrogen and oxygen atoms in total. The molecule has 1 aliphatic heterocycles. The zero-order chi connectivity index (χ0) is 19.1. The highest BCUT2D eigenvalue weighted by Crippen LogP contribution is 2.53. The molecule has 2 fully saturated rings. The quantitative estimate of drug-likeness (QED) is 0.652. The smallest absolute Gasteiger partial charge is 0.207 e. The Morgan fingerprint density at radius 2 is 1.70 bits per heavy atom. The number of hydrogen-bond donors (Lipinski definition) is 0. The first-order valence-electron chi connectivity index (χ1n) is 9.74. The molecule has 144 valence electrons. The molecule has 1 heterocycles. The molecule has 1 aliphatic carbocycles. The van der Waals surface area contributed by atoms with E-state index in [0.29, 0.717) is 17.9 Å². The van der Waals surface area contributed by atoms with Gasteiger partial charge in [0.05, 0.1) is 15.8 Å². The number of alkyl halides is 1. The minimum Gasteiger partial charge on any atom is -0.207 e. The lowest BCUT2D eigenvalue weighted by atomic mass is 9.69. The number of benzene rings is 2. The molecule has 1 saturated heterocycles. The first kappa shape index (κ1) is 19.0. The lowest BCUT2D eigenvalue weighted by molar-refractivity contribution is 0.0933. The second-order valence-corrected chi connectivity index (χ2v) is 10.6. The summed E-state index contributed by atoms with van der Waals surface area (Å²) in [7, 11) is -3.58. The Labute approximate surface area is 167 Å². The topological polar surface area (TPSA) is 37.4 Å². The van der Waals surface area contributed by atoms with Gasteiger partial charge in [0.2, 0.25) is 10.0 Å². The van der Waals surface area contributed by atoms with Gasteiger partial charge in [0, 0.05) is 6.54 Å². The molecule has 0 bridgehead atoms. The monoisotopic (exact) mass is 403 g/mol. The first-order valence-corrected chi connectivity index (χ1v) is 11.6. The van der Waals surface area contributed by atoms with Gasteiger partial charge in [-0.15, -0.1) is 11.6 Å². The molecule has 0 amide bonds. The Balaban J connectivity index is 1.80. The Bertz CT molecular complexity index is 898. The van der Waals surface area contributed by atoms with E-state index in [1.165, 1.54) is 0 Å². The van der Waals surface area contributed by atoms with Crippen LogP contribution in [0.2, 0.25) is 0 Å². The molecule has 0 spiro atoms. The van der Waals surface area contributed by atoms with Gasteiger partial charge >= 0.3 is 0 Å². The molecule has 0 unspecified atom stereocenters. The summed E-state index contributed by atoms with van der Waals surface area (Å²) in [4.78, 5) is 0.0739. The molecular weight excluding hydrogens is 378 g/mol. The van der Waals surface area contributed by atoms with Gasteiger partial charge in [0.25, 0.3) is 0 Å². The van der Waals surface area contributed by atoms with E-state index in [1.54, 1.807) is 16.4 Å². The Morgan fingerprint density at radius 3 is 2.41 bits per heavy atom. The third-order valence-electron chi connectivity index (χ3n) is 6.23. The molecule has 27 heavy (non-hydrogen) atoms. The Hall–Kier alpha value is -1.36. The molecule has 3 atom stereocenters. The number of fused-ring (bicyclic) bond motifs is 1. The molecule has 5 heteroatoms. The second-order valence-electron chi connectivity index (χ2n) is 7.92. The van der Waals surface area contributed by atoms with Crippen molar-refractivity contribution in [1.82, 2.24) is 4.31 Å². The summed E-state index contributed by atoms with van der Waals surface area (Å²) in [5, 5.41) is 0. The summed E-state index contributed by atoms with van der Waals surface area (Å²) in [6.07, 6.45) is 4.91. The van der Waals surface area contributed by atoms with Gasteiger partial charge in [0.1, 0.15) is 0 Å². The molecule has 4 rings (SSSR count). The van der Waals surface area contributed by atoms with Gasteiger partial charge in [-0.05, 0) is 49.8 Å². The van der Waals surface area contributed by atoms with E-state index in [0.717, 1.165) is 36.8 Å². The number of sulfonamides is 1. The highest BCUT2D eigenvalue weighted by atomic mass is 35.5. The van der Waals surface area contributed by atoms with Crippen LogP contribution in [0.1, 0.15) is 49.3 Å². The SMILES string of the molecule is Cc1ccc(S(=O)(=O)N2CC[C@]3(Cl)CCCC[C@@H]3[C@H]2c2ccccc2)cc1. The average molecular weight is 404 g/mol. The summed E-state index contributed by atoms with van der Waals surface area (Å²) >= 11 is 7.08. The summed E-state index contributed by atoms with van der Waals surface area (Å²) in [5.74, 6) is 0.143. The van der Waals surface area contributed by atoms with Gasteiger partial charge in [0.15, 0.2) is 0 Å². The Kier molecular flexibility index (Phi) is 5.08. The van der Waals surface area contributed by atoms with E-state index in [4.69, 9.17) is 11.6 Å². The summed E-state index contributed by atoms with van der Waals surface area (Å²) in [6, 6.07) is 17.0. The van der Waals surface area contributed by atoms with Crippen LogP contribution in [0, 0.1) is 12.8 Å². The van der Waals surface area contributed by atoms with Crippen LogP contribution < -0.4 is 0 Å². The maximum atomic E-state index is 13.5. The molecule has 2 aromatic rings. The molecule has 2 aliphatic rings. The van der Waals surface area contributed by atoms with Crippen molar-refractivity contribution in [3.8, 4) is 0 Å². The zero-order valence-corrected chi connectivity index (χ0v) is 17.2. The van der Waals surface area contributed by atoms with Crippen molar-refractivity contribution >= 4 is 21.6 Å². The molecule has 0 N–H and O–H groups in total. The number of nitrogens with zero attached hydrogens (tertiary/aromatic N) is 1. The van der Waals surface area contributed by atoms with Gasteiger partial charge in [-0.25, -0.2) is 8.42 Å². The third kappa shape index (κ3) is 3.43. The van der Waals surface area contributed by atoms with E-state index in [1.807, 2.05) is 49.4 Å². The van der Waals surface area contributed by atoms with Crippen molar-refractivity contribution in [1.29, 1.82) is 0 Å². The van der Waals surface area contributed by atoms with Crippen LogP contribution in [-0.2, 0) is 10.0 Å². The van der Waals surface area contributed by atoms with Crippen LogP contribution in [-0.4, -0.2) is 24.1 Å². The largest absolute Gasteiger partial charge is 0.243 e. The molecule has 2 aromatic carbocycles. The predicted octanol–water partition coefficient (Wildman–Crippen LogP) is 5.30. The standard InChI is InChI=1S/C22H26ClNO2S/c1-17-10-12-19(13-11-17)27(25,26)24-16-15-22(23)14-6-5-9-20(22)21(24)18-7-3-2-4-8-18/h2-4,7-8,10-13,20-21H,5-6,9,14-16H2,1H3/t20-,21-,22-/m1/s1. The maximum absolute atomic E-state index is 13.5. The van der Waals surface area contributed by atoms with E-state index >= 15 is 0 Å². The number of hydrogen-bond acceptors (Lipinski definition) is 2. The average Bonchev–Trinajstić information content (AvgIpc) is 2.67.